The minimum absolute atomic E-state index is 0.0297. The Morgan fingerprint density at radius 1 is 1.12 bits per heavy atom. The molecule has 3 heterocycles. The van der Waals surface area contributed by atoms with E-state index in [4.69, 9.17) is 4.42 Å². The van der Waals surface area contributed by atoms with Crippen molar-refractivity contribution >= 4 is 17.0 Å². The lowest BCUT2D eigenvalue weighted by atomic mass is 9.96. The summed E-state index contributed by atoms with van der Waals surface area (Å²) < 4.78 is 5.73. The highest BCUT2D eigenvalue weighted by Gasteiger charge is 2.26. The number of aromatic nitrogens is 3. The topological polar surface area (TPSA) is 112 Å². The number of H-pyrrole nitrogens is 1. The Morgan fingerprint density at radius 3 is 2.46 bits per heavy atom. The van der Waals surface area contributed by atoms with Crippen LogP contribution < -0.4 is 0 Å². The number of furan rings is 1. The number of carbonyl (C=O) groups is 1. The van der Waals surface area contributed by atoms with Gasteiger partial charge in [0.25, 0.3) is 0 Å². The number of nitrogens with one attached hydrogen (secondary N) is 1. The molecule has 0 saturated carbocycles. The van der Waals surface area contributed by atoms with E-state index in [0.717, 1.165) is 0 Å². The van der Waals surface area contributed by atoms with Gasteiger partial charge in [-0.1, -0.05) is 0 Å². The van der Waals surface area contributed by atoms with E-state index in [1.54, 1.807) is 38.1 Å². The van der Waals surface area contributed by atoms with Crippen molar-refractivity contribution in [3.63, 3.8) is 0 Å². The van der Waals surface area contributed by atoms with Crippen LogP contribution in [0.25, 0.3) is 33.6 Å². The van der Waals surface area contributed by atoms with Gasteiger partial charge < -0.3 is 14.6 Å². The first-order valence-corrected chi connectivity index (χ1v) is 7.94. The van der Waals surface area contributed by atoms with Crippen molar-refractivity contribution in [1.29, 1.82) is 0 Å². The Morgan fingerprint density at radius 2 is 1.85 bits per heavy atom. The molecule has 0 radical (unpaired) electrons. The van der Waals surface area contributed by atoms with Gasteiger partial charge in [0.2, 0.25) is 0 Å². The zero-order valence-electron chi connectivity index (χ0n) is 14.1. The second-order valence-electron chi connectivity index (χ2n) is 6.01. The number of aromatic carboxylic acids is 1. The molecule has 4 aromatic rings. The van der Waals surface area contributed by atoms with Crippen molar-refractivity contribution in [2.45, 2.75) is 13.8 Å². The van der Waals surface area contributed by atoms with E-state index in [9.17, 15) is 15.0 Å². The molecular formula is C19H15N3O4. The van der Waals surface area contributed by atoms with Gasteiger partial charge >= 0.3 is 5.97 Å². The summed E-state index contributed by atoms with van der Waals surface area (Å²) in [6.45, 7) is 3.58. The number of hydrogen-bond donors (Lipinski definition) is 3. The standard InChI is InChI=1S/C19H15N3O4/c1-9-3-8-13(26-9)15-14-10(2)21-22-18(14)20-17(16(15)19(24)25)11-4-6-12(23)7-5-11/h3-8,23H,1-2H3,(H,24,25)(H,20,21,22). The zero-order chi connectivity index (χ0) is 18.4. The van der Waals surface area contributed by atoms with Crippen LogP contribution in [0.5, 0.6) is 5.75 Å². The number of rotatable bonds is 3. The number of pyridine rings is 1. The number of phenolic OH excluding ortho intramolecular Hbond substituents is 1. The average molecular weight is 349 g/mol. The number of aryl methyl sites for hydroxylation is 2. The molecule has 0 saturated heterocycles. The van der Waals surface area contributed by atoms with E-state index in [2.05, 4.69) is 15.2 Å². The fourth-order valence-electron chi connectivity index (χ4n) is 3.06. The van der Waals surface area contributed by atoms with Crippen molar-refractivity contribution in [2.24, 2.45) is 0 Å². The number of benzene rings is 1. The lowest BCUT2D eigenvalue weighted by molar-refractivity contribution is 0.0698. The highest BCUT2D eigenvalue weighted by atomic mass is 16.4. The number of phenols is 1. The molecule has 7 nitrogen and oxygen atoms in total. The summed E-state index contributed by atoms with van der Waals surface area (Å²) >= 11 is 0. The molecule has 3 aromatic heterocycles. The van der Waals surface area contributed by atoms with Crippen molar-refractivity contribution in [3.05, 3.63) is 53.4 Å². The molecule has 7 heteroatoms. The summed E-state index contributed by atoms with van der Waals surface area (Å²) in [6, 6.07) is 9.74. The smallest absolute Gasteiger partial charge is 0.338 e. The molecule has 0 spiro atoms. The average Bonchev–Trinajstić information content (AvgIpc) is 3.20. The third kappa shape index (κ3) is 2.41. The Kier molecular flexibility index (Phi) is 3.50. The van der Waals surface area contributed by atoms with Crippen LogP contribution in [-0.2, 0) is 0 Å². The fourth-order valence-corrected chi connectivity index (χ4v) is 3.06. The van der Waals surface area contributed by atoms with Gasteiger partial charge in [-0.25, -0.2) is 9.78 Å². The lowest BCUT2D eigenvalue weighted by Crippen LogP contribution is -2.06. The second-order valence-corrected chi connectivity index (χ2v) is 6.01. The predicted octanol–water partition coefficient (Wildman–Crippen LogP) is 3.91. The molecule has 0 aliphatic rings. The molecule has 0 fully saturated rings. The Bertz CT molecular complexity index is 1140. The van der Waals surface area contributed by atoms with Crippen molar-refractivity contribution in [3.8, 4) is 28.3 Å². The number of fused-ring (bicyclic) bond motifs is 1. The summed E-state index contributed by atoms with van der Waals surface area (Å²) in [5, 5.41) is 27.1. The van der Waals surface area contributed by atoms with E-state index >= 15 is 0 Å². The minimum atomic E-state index is -1.12. The molecule has 0 aliphatic heterocycles. The number of aromatic hydroxyl groups is 1. The molecule has 0 amide bonds. The fraction of sp³-hybridized carbons (Fsp3) is 0.105. The van der Waals surface area contributed by atoms with Crippen LogP contribution in [0.4, 0.5) is 0 Å². The van der Waals surface area contributed by atoms with Gasteiger partial charge in [0.1, 0.15) is 17.3 Å². The maximum atomic E-state index is 12.2. The minimum Gasteiger partial charge on any atom is -0.508 e. The monoisotopic (exact) mass is 349 g/mol. The maximum Gasteiger partial charge on any atom is 0.338 e. The SMILES string of the molecule is Cc1ccc(-c2c(C(=O)O)c(-c3ccc(O)cc3)nc3[nH]nc(C)c23)o1. The molecule has 4 rings (SSSR count). The summed E-state index contributed by atoms with van der Waals surface area (Å²) in [6.07, 6.45) is 0. The Hall–Kier alpha value is -3.61. The van der Waals surface area contributed by atoms with Crippen LogP contribution in [-0.4, -0.2) is 31.4 Å². The number of nitrogens with zero attached hydrogens (tertiary/aromatic N) is 2. The van der Waals surface area contributed by atoms with Crippen molar-refractivity contribution in [1.82, 2.24) is 15.2 Å². The second kappa shape index (κ2) is 5.73. The molecule has 3 N–H and O–H groups in total. The molecule has 0 bridgehead atoms. The van der Waals surface area contributed by atoms with E-state index in [-0.39, 0.29) is 17.0 Å². The third-order valence-corrected chi connectivity index (χ3v) is 4.23. The summed E-state index contributed by atoms with van der Waals surface area (Å²) in [5.41, 5.74) is 2.42. The summed E-state index contributed by atoms with van der Waals surface area (Å²) in [5.74, 6) is 0.0866. The van der Waals surface area contributed by atoms with Gasteiger partial charge in [0.05, 0.1) is 22.3 Å². The molecule has 0 atom stereocenters. The maximum absolute atomic E-state index is 12.2. The quantitative estimate of drug-likeness (QED) is 0.517. The van der Waals surface area contributed by atoms with Gasteiger partial charge in [0.15, 0.2) is 5.65 Å². The van der Waals surface area contributed by atoms with Gasteiger partial charge in [-0.3, -0.25) is 5.10 Å². The first-order chi connectivity index (χ1) is 12.5. The zero-order valence-corrected chi connectivity index (χ0v) is 14.1. The summed E-state index contributed by atoms with van der Waals surface area (Å²) in [7, 11) is 0. The van der Waals surface area contributed by atoms with Crippen LogP contribution in [0.3, 0.4) is 0 Å². The molecule has 0 aliphatic carbocycles. The normalized spacial score (nSPS) is 11.2. The molecule has 0 unspecified atom stereocenters. The molecular weight excluding hydrogens is 334 g/mol. The first-order valence-electron chi connectivity index (χ1n) is 7.94. The number of aromatic amines is 1. The third-order valence-electron chi connectivity index (χ3n) is 4.23. The van der Waals surface area contributed by atoms with Crippen LogP contribution in [0.1, 0.15) is 21.8 Å². The number of carboxylic acid groups (broad SMARTS) is 1. The van der Waals surface area contributed by atoms with Gasteiger partial charge in [-0.15, -0.1) is 0 Å². The largest absolute Gasteiger partial charge is 0.508 e. The van der Waals surface area contributed by atoms with E-state index in [1.807, 2.05) is 0 Å². The van der Waals surface area contributed by atoms with Crippen molar-refractivity contribution in [2.75, 3.05) is 0 Å². The Labute approximate surface area is 147 Å². The van der Waals surface area contributed by atoms with Crippen LogP contribution >= 0.6 is 0 Å². The predicted molar refractivity (Wildman–Crippen MR) is 95.1 cm³/mol. The van der Waals surface area contributed by atoms with E-state index in [0.29, 0.717) is 39.4 Å². The number of hydrogen-bond acceptors (Lipinski definition) is 5. The van der Waals surface area contributed by atoms with Crippen LogP contribution in [0, 0.1) is 13.8 Å². The van der Waals surface area contributed by atoms with E-state index in [1.165, 1.54) is 12.1 Å². The van der Waals surface area contributed by atoms with Crippen LogP contribution in [0.15, 0.2) is 40.8 Å². The van der Waals surface area contributed by atoms with E-state index < -0.39 is 5.97 Å². The van der Waals surface area contributed by atoms with Gasteiger partial charge in [0, 0.05) is 11.1 Å². The lowest BCUT2D eigenvalue weighted by Gasteiger charge is -2.12. The highest BCUT2D eigenvalue weighted by molar-refractivity contribution is 6.10. The number of carboxylic acids is 1. The first kappa shape index (κ1) is 15.9. The van der Waals surface area contributed by atoms with Gasteiger partial charge in [-0.05, 0) is 50.2 Å². The summed E-state index contributed by atoms with van der Waals surface area (Å²) in [4.78, 5) is 16.7. The van der Waals surface area contributed by atoms with Crippen LogP contribution in [0.2, 0.25) is 0 Å². The van der Waals surface area contributed by atoms with Gasteiger partial charge in [-0.2, -0.15) is 5.10 Å². The van der Waals surface area contributed by atoms with Crippen molar-refractivity contribution < 1.29 is 19.4 Å². The molecule has 130 valence electrons. The molecule has 26 heavy (non-hydrogen) atoms. The highest BCUT2D eigenvalue weighted by Crippen LogP contribution is 2.38. The molecule has 1 aromatic carbocycles. The Balaban J connectivity index is 2.15.